The van der Waals surface area contributed by atoms with Crippen LogP contribution < -0.4 is 10.6 Å². The third-order valence-electron chi connectivity index (χ3n) is 3.20. The maximum Gasteiger partial charge on any atom is 0.146 e. The third-order valence-corrected chi connectivity index (χ3v) is 3.20. The molecule has 3 nitrogen and oxygen atoms in total. The smallest absolute Gasteiger partial charge is 0.146 e. The number of nitrogens with two attached hydrogens (primary N) is 1. The maximum absolute atomic E-state index is 13.7. The molecule has 1 fully saturated rings. The van der Waals surface area contributed by atoms with Crippen LogP contribution in [0.2, 0.25) is 0 Å². The lowest BCUT2D eigenvalue weighted by atomic mass is 9.70. The van der Waals surface area contributed by atoms with Crippen LogP contribution in [0.5, 0.6) is 0 Å². The Morgan fingerprint density at radius 2 is 2.06 bits per heavy atom. The highest BCUT2D eigenvalue weighted by Crippen LogP contribution is 2.39. The molecule has 16 heavy (non-hydrogen) atoms. The van der Waals surface area contributed by atoms with Crippen molar-refractivity contribution < 1.29 is 9.50 Å². The van der Waals surface area contributed by atoms with Crippen LogP contribution >= 0.6 is 0 Å². The number of hydrogen-bond acceptors (Lipinski definition) is 3. The van der Waals surface area contributed by atoms with E-state index in [9.17, 15) is 9.50 Å². The van der Waals surface area contributed by atoms with Gasteiger partial charge in [-0.05, 0) is 30.5 Å². The van der Waals surface area contributed by atoms with Crippen molar-refractivity contribution in [1.29, 1.82) is 0 Å². The van der Waals surface area contributed by atoms with Crippen molar-refractivity contribution in [2.75, 3.05) is 19.0 Å². The highest BCUT2D eigenvalue weighted by Gasteiger charge is 2.41. The molecule has 88 valence electrons. The molecule has 3 N–H and O–H groups in total. The molecule has 1 saturated carbocycles. The van der Waals surface area contributed by atoms with E-state index in [1.54, 1.807) is 25.1 Å². The average molecular weight is 224 g/mol. The van der Waals surface area contributed by atoms with Crippen LogP contribution in [0.4, 0.5) is 10.1 Å². The normalized spacial score (nSPS) is 28.7. The van der Waals surface area contributed by atoms with Gasteiger partial charge in [0.2, 0.25) is 0 Å². The number of halogens is 1. The highest BCUT2D eigenvalue weighted by molar-refractivity contribution is 5.49. The second-order valence-electron chi connectivity index (χ2n) is 4.78. The van der Waals surface area contributed by atoms with Crippen LogP contribution in [-0.4, -0.2) is 25.3 Å². The van der Waals surface area contributed by atoms with E-state index in [1.165, 1.54) is 6.07 Å². The summed E-state index contributed by atoms with van der Waals surface area (Å²) in [4.78, 5) is 1.72. The minimum absolute atomic E-state index is 0.270. The van der Waals surface area contributed by atoms with Crippen molar-refractivity contribution in [3.63, 3.8) is 0 Å². The van der Waals surface area contributed by atoms with Crippen molar-refractivity contribution in [3.8, 4) is 0 Å². The summed E-state index contributed by atoms with van der Waals surface area (Å²) < 4.78 is 13.7. The molecule has 0 heterocycles. The van der Waals surface area contributed by atoms with E-state index in [0.29, 0.717) is 18.5 Å². The lowest BCUT2D eigenvalue weighted by Crippen LogP contribution is -2.51. The molecule has 1 aliphatic carbocycles. The van der Waals surface area contributed by atoms with Gasteiger partial charge in [0.1, 0.15) is 5.82 Å². The van der Waals surface area contributed by atoms with E-state index in [0.717, 1.165) is 5.56 Å². The van der Waals surface area contributed by atoms with Crippen molar-refractivity contribution in [3.05, 3.63) is 29.6 Å². The molecule has 4 heteroatoms. The third kappa shape index (κ3) is 1.79. The van der Waals surface area contributed by atoms with Crippen LogP contribution in [0.1, 0.15) is 18.4 Å². The van der Waals surface area contributed by atoms with Crippen LogP contribution in [0, 0.1) is 5.82 Å². The summed E-state index contributed by atoms with van der Waals surface area (Å²) in [5.74, 6) is -0.270. The fraction of sp³-hybridized carbons (Fsp3) is 0.500. The second kappa shape index (κ2) is 3.71. The van der Waals surface area contributed by atoms with E-state index < -0.39 is 5.54 Å². The molecule has 1 aliphatic rings. The standard InChI is InChI=1S/C12H17FN2O/c1-15(2)11-4-3-8(5-10(11)13)12(14)6-9(16)7-12/h3-5,9,16H,6-7,14H2,1-2H3. The Labute approximate surface area is 94.7 Å². The number of aliphatic hydroxyl groups is 1. The Balaban J connectivity index is 2.28. The van der Waals surface area contributed by atoms with E-state index >= 15 is 0 Å². The topological polar surface area (TPSA) is 49.5 Å². The molecular weight excluding hydrogens is 207 g/mol. The minimum Gasteiger partial charge on any atom is -0.393 e. The average Bonchev–Trinajstić information content (AvgIpc) is 2.14. The zero-order chi connectivity index (χ0) is 11.9. The monoisotopic (exact) mass is 224 g/mol. The first-order valence-electron chi connectivity index (χ1n) is 5.37. The summed E-state index contributed by atoms with van der Waals surface area (Å²) in [5.41, 5.74) is 6.83. The SMILES string of the molecule is CN(C)c1ccc(C2(N)CC(O)C2)cc1F. The number of anilines is 1. The Bertz CT molecular complexity index is 400. The van der Waals surface area contributed by atoms with Crippen LogP contribution in [0.15, 0.2) is 18.2 Å². The van der Waals surface area contributed by atoms with Crippen molar-refractivity contribution in [2.45, 2.75) is 24.5 Å². The van der Waals surface area contributed by atoms with Gasteiger partial charge < -0.3 is 15.7 Å². The summed E-state index contributed by atoms with van der Waals surface area (Å²) in [6.07, 6.45) is 0.670. The number of aliphatic hydroxyl groups excluding tert-OH is 1. The molecule has 2 rings (SSSR count). The van der Waals surface area contributed by atoms with Crippen molar-refractivity contribution in [2.24, 2.45) is 5.73 Å². The Morgan fingerprint density at radius 3 is 2.50 bits per heavy atom. The second-order valence-corrected chi connectivity index (χ2v) is 4.78. The number of hydrogen-bond donors (Lipinski definition) is 2. The number of rotatable bonds is 2. The minimum atomic E-state index is -0.550. The Morgan fingerprint density at radius 1 is 1.44 bits per heavy atom. The molecule has 1 aromatic carbocycles. The highest BCUT2D eigenvalue weighted by atomic mass is 19.1. The molecule has 0 unspecified atom stereocenters. The molecule has 0 amide bonds. The fourth-order valence-electron chi connectivity index (χ4n) is 2.20. The predicted octanol–water partition coefficient (Wildman–Crippen LogP) is 1.20. The van der Waals surface area contributed by atoms with Gasteiger partial charge in [0.05, 0.1) is 11.8 Å². The van der Waals surface area contributed by atoms with Crippen LogP contribution in [-0.2, 0) is 5.54 Å². The van der Waals surface area contributed by atoms with E-state index in [4.69, 9.17) is 5.73 Å². The van der Waals surface area contributed by atoms with Gasteiger partial charge in [0.15, 0.2) is 0 Å². The molecule has 0 atom stereocenters. The summed E-state index contributed by atoms with van der Waals surface area (Å²) in [5, 5.41) is 9.28. The van der Waals surface area contributed by atoms with Crippen LogP contribution in [0.3, 0.4) is 0 Å². The number of nitrogens with zero attached hydrogens (tertiary/aromatic N) is 1. The Kier molecular flexibility index (Phi) is 2.64. The van der Waals surface area contributed by atoms with Gasteiger partial charge >= 0.3 is 0 Å². The quantitative estimate of drug-likeness (QED) is 0.793. The van der Waals surface area contributed by atoms with Gasteiger partial charge in [-0.1, -0.05) is 6.07 Å². The van der Waals surface area contributed by atoms with Gasteiger partial charge in [-0.2, -0.15) is 0 Å². The largest absolute Gasteiger partial charge is 0.393 e. The summed E-state index contributed by atoms with van der Waals surface area (Å²) >= 11 is 0. The van der Waals surface area contributed by atoms with Crippen molar-refractivity contribution >= 4 is 5.69 Å². The first kappa shape index (κ1) is 11.4. The lowest BCUT2D eigenvalue weighted by molar-refractivity contribution is 0.0208. The first-order chi connectivity index (χ1) is 7.42. The fourth-order valence-corrected chi connectivity index (χ4v) is 2.20. The summed E-state index contributed by atoms with van der Waals surface area (Å²) in [6, 6.07) is 5.04. The predicted molar refractivity (Wildman–Crippen MR) is 61.8 cm³/mol. The van der Waals surface area contributed by atoms with Gasteiger partial charge in [-0.15, -0.1) is 0 Å². The van der Waals surface area contributed by atoms with Gasteiger partial charge in [0.25, 0.3) is 0 Å². The number of benzene rings is 1. The molecule has 1 aromatic rings. The molecule has 0 radical (unpaired) electrons. The maximum atomic E-state index is 13.7. The van der Waals surface area contributed by atoms with Crippen LogP contribution in [0.25, 0.3) is 0 Å². The summed E-state index contributed by atoms with van der Waals surface area (Å²) in [6.45, 7) is 0. The van der Waals surface area contributed by atoms with Gasteiger partial charge in [-0.25, -0.2) is 4.39 Å². The van der Waals surface area contributed by atoms with Gasteiger partial charge in [-0.3, -0.25) is 0 Å². The zero-order valence-electron chi connectivity index (χ0n) is 9.57. The molecule has 0 saturated heterocycles. The molecule has 0 bridgehead atoms. The zero-order valence-corrected chi connectivity index (χ0v) is 9.57. The van der Waals surface area contributed by atoms with Gasteiger partial charge in [0, 0.05) is 19.6 Å². The van der Waals surface area contributed by atoms with E-state index in [-0.39, 0.29) is 11.9 Å². The van der Waals surface area contributed by atoms with Crippen molar-refractivity contribution in [1.82, 2.24) is 0 Å². The molecule has 0 aliphatic heterocycles. The van der Waals surface area contributed by atoms with E-state index in [1.807, 2.05) is 6.07 Å². The summed E-state index contributed by atoms with van der Waals surface area (Å²) in [7, 11) is 3.59. The molecule has 0 spiro atoms. The van der Waals surface area contributed by atoms with E-state index in [2.05, 4.69) is 0 Å². The Hall–Kier alpha value is -1.13. The molecule has 0 aromatic heterocycles. The first-order valence-corrected chi connectivity index (χ1v) is 5.37. The molecular formula is C12H17FN2O. The lowest BCUT2D eigenvalue weighted by Gasteiger charge is -2.42.